The number of rotatable bonds is 4. The lowest BCUT2D eigenvalue weighted by atomic mass is 10.0. The summed E-state index contributed by atoms with van der Waals surface area (Å²) in [6.45, 7) is 5.59. The van der Waals surface area contributed by atoms with Gasteiger partial charge in [-0.2, -0.15) is 0 Å². The van der Waals surface area contributed by atoms with Crippen LogP contribution < -0.4 is 4.90 Å². The Balaban J connectivity index is 1.46. The number of hydrogen-bond acceptors (Lipinski definition) is 5. The third-order valence-corrected chi connectivity index (χ3v) is 5.52. The van der Waals surface area contributed by atoms with Crippen molar-refractivity contribution in [3.63, 3.8) is 0 Å². The molecule has 0 amide bonds. The summed E-state index contributed by atoms with van der Waals surface area (Å²) < 4.78 is 7.71. The molecular weight excluding hydrogens is 328 g/mol. The summed E-state index contributed by atoms with van der Waals surface area (Å²) in [7, 11) is 0. The molecule has 1 unspecified atom stereocenters. The van der Waals surface area contributed by atoms with Crippen LogP contribution in [0.1, 0.15) is 37.7 Å². The van der Waals surface area contributed by atoms with Gasteiger partial charge in [-0.1, -0.05) is 11.3 Å². The number of benzene rings is 1. The summed E-state index contributed by atoms with van der Waals surface area (Å²) in [5, 5.41) is 18.4. The zero-order valence-corrected chi connectivity index (χ0v) is 15.5. The largest absolute Gasteiger partial charge is 0.393 e. The van der Waals surface area contributed by atoms with Gasteiger partial charge in [-0.25, -0.2) is 4.68 Å². The summed E-state index contributed by atoms with van der Waals surface area (Å²) in [4.78, 5) is 2.35. The molecule has 0 bridgehead atoms. The van der Waals surface area contributed by atoms with Gasteiger partial charge >= 0.3 is 0 Å². The Morgan fingerprint density at radius 3 is 2.77 bits per heavy atom. The first kappa shape index (κ1) is 17.5. The monoisotopic (exact) mass is 356 g/mol. The number of aliphatic hydroxyl groups is 1. The molecule has 1 atom stereocenters. The van der Waals surface area contributed by atoms with Crippen LogP contribution in [-0.2, 0) is 11.3 Å². The van der Waals surface area contributed by atoms with E-state index < -0.39 is 0 Å². The molecular formula is C20H28N4O2. The number of hydrogen-bond donors (Lipinski definition) is 1. The summed E-state index contributed by atoms with van der Waals surface area (Å²) in [5.41, 5.74) is 4.47. The van der Waals surface area contributed by atoms with Crippen LogP contribution in [0.2, 0.25) is 0 Å². The molecule has 2 aromatic rings. The van der Waals surface area contributed by atoms with Gasteiger partial charge in [-0.05, 0) is 56.7 Å². The maximum Gasteiger partial charge on any atom is 0.113 e. The topological polar surface area (TPSA) is 63.4 Å². The van der Waals surface area contributed by atoms with E-state index in [-0.39, 0.29) is 12.2 Å². The molecule has 26 heavy (non-hydrogen) atoms. The standard InChI is InChI=1S/C20H28N4O2/c1-15-12-16(23-9-7-17(25)8-10-23)5-6-19(15)20-14-24(22-21-20)13-18-4-2-3-11-26-18/h5-6,12,14,17-18,25H,2-4,7-11,13H2,1H3. The Morgan fingerprint density at radius 1 is 1.19 bits per heavy atom. The molecule has 1 aromatic heterocycles. The van der Waals surface area contributed by atoms with Crippen molar-refractivity contribution >= 4 is 5.69 Å². The van der Waals surface area contributed by atoms with Gasteiger partial charge in [0.15, 0.2) is 0 Å². The van der Waals surface area contributed by atoms with Crippen molar-refractivity contribution in [1.82, 2.24) is 15.0 Å². The number of ether oxygens (including phenoxy) is 1. The Bertz CT molecular complexity index is 731. The van der Waals surface area contributed by atoms with Gasteiger partial charge < -0.3 is 14.7 Å². The minimum Gasteiger partial charge on any atom is -0.393 e. The van der Waals surface area contributed by atoms with E-state index in [1.54, 1.807) is 0 Å². The molecule has 0 radical (unpaired) electrons. The molecule has 1 N–H and O–H groups in total. The lowest BCUT2D eigenvalue weighted by molar-refractivity contribution is 0.00370. The fourth-order valence-electron chi connectivity index (χ4n) is 3.93. The van der Waals surface area contributed by atoms with Gasteiger partial charge in [0.05, 0.1) is 24.9 Å². The Morgan fingerprint density at radius 2 is 2.04 bits per heavy atom. The predicted molar refractivity (Wildman–Crippen MR) is 101 cm³/mol. The normalized spacial score (nSPS) is 21.9. The van der Waals surface area contributed by atoms with Crippen molar-refractivity contribution in [2.24, 2.45) is 0 Å². The van der Waals surface area contributed by atoms with E-state index in [0.29, 0.717) is 0 Å². The van der Waals surface area contributed by atoms with Gasteiger partial charge in [0.25, 0.3) is 0 Å². The molecule has 2 aliphatic heterocycles. The molecule has 2 saturated heterocycles. The van der Waals surface area contributed by atoms with Crippen molar-refractivity contribution in [1.29, 1.82) is 0 Å². The van der Waals surface area contributed by atoms with Crippen LogP contribution in [-0.4, -0.2) is 52.0 Å². The molecule has 2 aliphatic rings. The number of anilines is 1. The van der Waals surface area contributed by atoms with Gasteiger partial charge in [0.2, 0.25) is 0 Å². The fourth-order valence-corrected chi connectivity index (χ4v) is 3.93. The number of piperidine rings is 1. The maximum atomic E-state index is 9.69. The Kier molecular flexibility index (Phi) is 5.22. The first-order valence-corrected chi connectivity index (χ1v) is 9.75. The molecule has 0 spiro atoms. The van der Waals surface area contributed by atoms with Crippen LogP contribution >= 0.6 is 0 Å². The second-order valence-corrected chi connectivity index (χ2v) is 7.53. The van der Waals surface area contributed by atoms with Crippen molar-refractivity contribution in [2.75, 3.05) is 24.6 Å². The van der Waals surface area contributed by atoms with E-state index in [9.17, 15) is 5.11 Å². The molecule has 6 nitrogen and oxygen atoms in total. The first-order valence-electron chi connectivity index (χ1n) is 9.75. The zero-order valence-electron chi connectivity index (χ0n) is 15.5. The third-order valence-electron chi connectivity index (χ3n) is 5.52. The summed E-state index contributed by atoms with van der Waals surface area (Å²) in [6, 6.07) is 6.51. The third kappa shape index (κ3) is 3.91. The molecule has 0 saturated carbocycles. The lowest BCUT2D eigenvalue weighted by Crippen LogP contribution is -2.35. The zero-order chi connectivity index (χ0) is 17.9. The average molecular weight is 356 g/mol. The maximum absolute atomic E-state index is 9.69. The highest BCUT2D eigenvalue weighted by molar-refractivity contribution is 5.67. The fraction of sp³-hybridized carbons (Fsp3) is 0.600. The highest BCUT2D eigenvalue weighted by Gasteiger charge is 2.19. The molecule has 2 fully saturated rings. The average Bonchev–Trinajstić information content (AvgIpc) is 3.11. The number of nitrogens with zero attached hydrogens (tertiary/aromatic N) is 4. The lowest BCUT2D eigenvalue weighted by Gasteiger charge is -2.31. The summed E-state index contributed by atoms with van der Waals surface area (Å²) in [6.07, 6.45) is 7.34. The van der Waals surface area contributed by atoms with Crippen LogP contribution in [0.25, 0.3) is 11.3 Å². The Labute approximate surface area is 154 Å². The molecule has 3 heterocycles. The quantitative estimate of drug-likeness (QED) is 0.913. The highest BCUT2D eigenvalue weighted by atomic mass is 16.5. The van der Waals surface area contributed by atoms with Gasteiger partial charge in [-0.3, -0.25) is 0 Å². The van der Waals surface area contributed by atoms with Crippen molar-refractivity contribution in [2.45, 2.75) is 57.8 Å². The second-order valence-electron chi connectivity index (χ2n) is 7.53. The predicted octanol–water partition coefficient (Wildman–Crippen LogP) is 2.78. The van der Waals surface area contributed by atoms with E-state index >= 15 is 0 Å². The molecule has 0 aliphatic carbocycles. The molecule has 1 aromatic carbocycles. The Hall–Kier alpha value is -1.92. The van der Waals surface area contributed by atoms with E-state index in [0.717, 1.165) is 56.8 Å². The van der Waals surface area contributed by atoms with Crippen molar-refractivity contribution < 1.29 is 9.84 Å². The van der Waals surface area contributed by atoms with Crippen LogP contribution in [0, 0.1) is 6.92 Å². The summed E-state index contributed by atoms with van der Waals surface area (Å²) >= 11 is 0. The van der Waals surface area contributed by atoms with Gasteiger partial charge in [0.1, 0.15) is 5.69 Å². The van der Waals surface area contributed by atoms with Crippen molar-refractivity contribution in [3.8, 4) is 11.3 Å². The number of aliphatic hydroxyl groups excluding tert-OH is 1. The summed E-state index contributed by atoms with van der Waals surface area (Å²) in [5.74, 6) is 0. The van der Waals surface area contributed by atoms with Crippen molar-refractivity contribution in [3.05, 3.63) is 30.0 Å². The number of aryl methyl sites for hydroxylation is 1. The molecule has 140 valence electrons. The SMILES string of the molecule is Cc1cc(N2CCC(O)CC2)ccc1-c1cn(CC2CCCCO2)nn1. The number of aromatic nitrogens is 3. The van der Waals surface area contributed by atoms with Crippen LogP contribution in [0.5, 0.6) is 0 Å². The molecule has 6 heteroatoms. The highest BCUT2D eigenvalue weighted by Crippen LogP contribution is 2.28. The van der Waals surface area contributed by atoms with Gasteiger partial charge in [0, 0.05) is 30.9 Å². The minimum atomic E-state index is -0.144. The van der Waals surface area contributed by atoms with E-state index in [1.165, 1.54) is 24.1 Å². The second kappa shape index (κ2) is 7.76. The minimum absolute atomic E-state index is 0.144. The van der Waals surface area contributed by atoms with Crippen LogP contribution in [0.15, 0.2) is 24.4 Å². The van der Waals surface area contributed by atoms with E-state index in [4.69, 9.17) is 4.74 Å². The van der Waals surface area contributed by atoms with Gasteiger partial charge in [-0.15, -0.1) is 5.10 Å². The van der Waals surface area contributed by atoms with E-state index in [1.807, 2.05) is 10.9 Å². The van der Waals surface area contributed by atoms with Crippen LogP contribution in [0.3, 0.4) is 0 Å². The smallest absolute Gasteiger partial charge is 0.113 e. The van der Waals surface area contributed by atoms with Crippen LogP contribution in [0.4, 0.5) is 5.69 Å². The first-order chi connectivity index (χ1) is 12.7. The van der Waals surface area contributed by atoms with E-state index in [2.05, 4.69) is 40.3 Å². The molecule has 4 rings (SSSR count).